The maximum Gasteiger partial charge on any atom is 0.311 e. The molecule has 3 atom stereocenters. The van der Waals surface area contributed by atoms with Crippen molar-refractivity contribution in [1.82, 2.24) is 4.90 Å². The van der Waals surface area contributed by atoms with Crippen LogP contribution >= 0.6 is 0 Å². The average molecular weight is 344 g/mol. The van der Waals surface area contributed by atoms with E-state index in [4.69, 9.17) is 10.5 Å². The van der Waals surface area contributed by atoms with Gasteiger partial charge in [-0.1, -0.05) is 0 Å². The van der Waals surface area contributed by atoms with E-state index in [0.717, 1.165) is 12.8 Å². The lowest BCUT2D eigenvalue weighted by atomic mass is 9.89. The third-order valence-electron chi connectivity index (χ3n) is 4.90. The van der Waals surface area contributed by atoms with Crippen LogP contribution in [0.15, 0.2) is 24.3 Å². The highest BCUT2D eigenvalue weighted by Crippen LogP contribution is 2.43. The van der Waals surface area contributed by atoms with Gasteiger partial charge in [0.15, 0.2) is 0 Å². The summed E-state index contributed by atoms with van der Waals surface area (Å²) < 4.78 is 5.52. The van der Waals surface area contributed by atoms with Crippen molar-refractivity contribution in [2.75, 3.05) is 0 Å². The first kappa shape index (κ1) is 17.5. The molecular weight excluding hydrogens is 320 g/mol. The number of carbonyl (C=O) groups excluding carboxylic acids is 3. The summed E-state index contributed by atoms with van der Waals surface area (Å²) in [4.78, 5) is 38.4. The van der Waals surface area contributed by atoms with Crippen LogP contribution in [-0.4, -0.2) is 40.4 Å². The molecule has 2 aliphatic rings. The molecular formula is C19H24N2O4. The predicted octanol–water partition coefficient (Wildman–Crippen LogP) is 2.12. The molecule has 3 rings (SSSR count). The van der Waals surface area contributed by atoms with Crippen molar-refractivity contribution in [3.05, 3.63) is 35.4 Å². The summed E-state index contributed by atoms with van der Waals surface area (Å²) in [6.45, 7) is 5.55. The number of ether oxygens (including phenoxy) is 1. The molecule has 2 fully saturated rings. The van der Waals surface area contributed by atoms with E-state index in [0.29, 0.717) is 17.5 Å². The first-order valence-electron chi connectivity index (χ1n) is 8.63. The molecule has 6 heteroatoms. The van der Waals surface area contributed by atoms with Gasteiger partial charge in [-0.25, -0.2) is 0 Å². The highest BCUT2D eigenvalue weighted by atomic mass is 16.6. The van der Waals surface area contributed by atoms with Gasteiger partial charge in [0, 0.05) is 23.2 Å². The van der Waals surface area contributed by atoms with Gasteiger partial charge in [-0.2, -0.15) is 0 Å². The molecule has 2 aliphatic heterocycles. The van der Waals surface area contributed by atoms with Crippen molar-refractivity contribution in [2.24, 2.45) is 11.7 Å². The van der Waals surface area contributed by atoms with Crippen LogP contribution in [0.4, 0.5) is 0 Å². The van der Waals surface area contributed by atoms with Crippen molar-refractivity contribution in [1.29, 1.82) is 0 Å². The number of hydrogen-bond donors (Lipinski definition) is 1. The fourth-order valence-corrected chi connectivity index (χ4v) is 3.86. The zero-order chi connectivity index (χ0) is 18.4. The van der Waals surface area contributed by atoms with E-state index in [9.17, 15) is 14.4 Å². The standard InChI is InChI=1S/C19H24N2O4/c1-19(2,3)25-18(24)14-10-13-8-9-15(14)21(13)17(23)12-6-4-11(5-7-12)16(20)22/h4-7,13-15H,8-10H2,1-3H3,(H2,20,22). The minimum absolute atomic E-state index is 0.0748. The van der Waals surface area contributed by atoms with Crippen molar-refractivity contribution in [2.45, 2.75) is 57.7 Å². The number of nitrogens with two attached hydrogens (primary N) is 1. The largest absolute Gasteiger partial charge is 0.460 e. The summed E-state index contributed by atoms with van der Waals surface area (Å²) in [6.07, 6.45) is 2.39. The van der Waals surface area contributed by atoms with Crippen LogP contribution in [0.2, 0.25) is 0 Å². The quantitative estimate of drug-likeness (QED) is 0.851. The van der Waals surface area contributed by atoms with Gasteiger partial charge in [-0.05, 0) is 64.3 Å². The molecule has 25 heavy (non-hydrogen) atoms. The van der Waals surface area contributed by atoms with Crippen LogP contribution in [-0.2, 0) is 9.53 Å². The smallest absolute Gasteiger partial charge is 0.311 e. The fourth-order valence-electron chi connectivity index (χ4n) is 3.86. The molecule has 3 unspecified atom stereocenters. The normalized spacial score (nSPS) is 25.1. The second-order valence-electron chi connectivity index (χ2n) is 7.83. The maximum atomic E-state index is 12.9. The molecule has 0 saturated carbocycles. The number of carbonyl (C=O) groups is 3. The van der Waals surface area contributed by atoms with Crippen molar-refractivity contribution < 1.29 is 19.1 Å². The Labute approximate surface area is 147 Å². The van der Waals surface area contributed by atoms with Gasteiger partial charge in [-0.15, -0.1) is 0 Å². The van der Waals surface area contributed by atoms with E-state index in [-0.39, 0.29) is 29.9 Å². The SMILES string of the molecule is CC(C)(C)OC(=O)C1CC2CCC1N2C(=O)c1ccc(C(N)=O)cc1. The van der Waals surface area contributed by atoms with Crippen LogP contribution in [0.5, 0.6) is 0 Å². The van der Waals surface area contributed by atoms with Gasteiger partial charge in [0.25, 0.3) is 5.91 Å². The number of fused-ring (bicyclic) bond motifs is 2. The highest BCUT2D eigenvalue weighted by Gasteiger charge is 2.52. The van der Waals surface area contributed by atoms with E-state index in [1.165, 1.54) is 0 Å². The van der Waals surface area contributed by atoms with Crippen LogP contribution in [0.3, 0.4) is 0 Å². The lowest BCUT2D eigenvalue weighted by Gasteiger charge is -2.27. The molecule has 2 heterocycles. The molecule has 2 amide bonds. The second kappa shape index (κ2) is 6.17. The third kappa shape index (κ3) is 3.38. The maximum absolute atomic E-state index is 12.9. The van der Waals surface area contributed by atoms with Crippen molar-refractivity contribution >= 4 is 17.8 Å². The Hall–Kier alpha value is -2.37. The Kier molecular flexibility index (Phi) is 4.31. The topological polar surface area (TPSA) is 89.7 Å². The number of nitrogens with zero attached hydrogens (tertiary/aromatic N) is 1. The van der Waals surface area contributed by atoms with Gasteiger partial charge in [-0.3, -0.25) is 14.4 Å². The summed E-state index contributed by atoms with van der Waals surface area (Å²) >= 11 is 0. The van der Waals surface area contributed by atoms with Crippen LogP contribution in [0.1, 0.15) is 60.7 Å². The van der Waals surface area contributed by atoms with Gasteiger partial charge >= 0.3 is 5.97 Å². The summed E-state index contributed by atoms with van der Waals surface area (Å²) in [7, 11) is 0. The first-order chi connectivity index (χ1) is 11.7. The number of benzene rings is 1. The van der Waals surface area contributed by atoms with Crippen molar-refractivity contribution in [3.63, 3.8) is 0 Å². The van der Waals surface area contributed by atoms with Crippen LogP contribution in [0.25, 0.3) is 0 Å². The Bertz CT molecular complexity index is 705. The number of amides is 2. The van der Waals surface area contributed by atoms with Gasteiger partial charge in [0.1, 0.15) is 5.60 Å². The monoisotopic (exact) mass is 344 g/mol. The molecule has 2 bridgehead atoms. The molecule has 2 N–H and O–H groups in total. The zero-order valence-electron chi connectivity index (χ0n) is 14.8. The zero-order valence-corrected chi connectivity index (χ0v) is 14.8. The first-order valence-corrected chi connectivity index (χ1v) is 8.63. The number of hydrogen-bond acceptors (Lipinski definition) is 4. The molecule has 134 valence electrons. The fraction of sp³-hybridized carbons (Fsp3) is 0.526. The van der Waals surface area contributed by atoms with E-state index in [1.807, 2.05) is 25.7 Å². The lowest BCUT2D eigenvalue weighted by molar-refractivity contribution is -0.160. The second-order valence-corrected chi connectivity index (χ2v) is 7.83. The van der Waals surface area contributed by atoms with Crippen LogP contribution in [0, 0.1) is 5.92 Å². The Morgan fingerprint density at radius 2 is 1.68 bits per heavy atom. The molecule has 1 aromatic carbocycles. The third-order valence-corrected chi connectivity index (χ3v) is 4.90. The highest BCUT2D eigenvalue weighted by molar-refractivity contribution is 5.98. The Balaban J connectivity index is 1.76. The Morgan fingerprint density at radius 1 is 1.08 bits per heavy atom. The average Bonchev–Trinajstić information content (AvgIpc) is 3.10. The minimum Gasteiger partial charge on any atom is -0.460 e. The summed E-state index contributed by atoms with van der Waals surface area (Å²) in [5, 5.41) is 0. The van der Waals surface area contributed by atoms with Crippen LogP contribution < -0.4 is 5.73 Å². The minimum atomic E-state index is -0.529. The molecule has 0 aromatic heterocycles. The Morgan fingerprint density at radius 3 is 2.24 bits per heavy atom. The summed E-state index contributed by atoms with van der Waals surface area (Å²) in [5.41, 5.74) is 5.58. The molecule has 1 aromatic rings. The summed E-state index contributed by atoms with van der Waals surface area (Å²) in [5.74, 6) is -1.10. The van der Waals surface area contributed by atoms with E-state index in [1.54, 1.807) is 24.3 Å². The molecule has 0 aliphatic carbocycles. The summed E-state index contributed by atoms with van der Waals surface area (Å²) in [6, 6.07) is 6.30. The van der Waals surface area contributed by atoms with E-state index in [2.05, 4.69) is 0 Å². The lowest BCUT2D eigenvalue weighted by Crippen LogP contribution is -2.39. The molecule has 0 radical (unpaired) electrons. The van der Waals surface area contributed by atoms with Gasteiger partial charge in [0.2, 0.25) is 5.91 Å². The predicted molar refractivity (Wildman–Crippen MR) is 91.9 cm³/mol. The van der Waals surface area contributed by atoms with Gasteiger partial charge < -0.3 is 15.4 Å². The molecule has 2 saturated heterocycles. The molecule has 6 nitrogen and oxygen atoms in total. The van der Waals surface area contributed by atoms with E-state index < -0.39 is 11.5 Å². The van der Waals surface area contributed by atoms with E-state index >= 15 is 0 Å². The molecule has 0 spiro atoms. The number of rotatable bonds is 3. The number of esters is 1. The van der Waals surface area contributed by atoms with Crippen molar-refractivity contribution in [3.8, 4) is 0 Å². The van der Waals surface area contributed by atoms with Gasteiger partial charge in [0.05, 0.1) is 5.92 Å². The number of primary amides is 1.